The molecule has 18 heavy (non-hydrogen) atoms. The summed E-state index contributed by atoms with van der Waals surface area (Å²) in [5, 5.41) is 8.31. The van der Waals surface area contributed by atoms with Crippen LogP contribution in [-0.2, 0) is 6.54 Å². The molecule has 0 saturated heterocycles. The van der Waals surface area contributed by atoms with E-state index in [0.29, 0.717) is 6.54 Å². The fraction of sp³-hybridized carbons (Fsp3) is 0.143. The van der Waals surface area contributed by atoms with Crippen molar-refractivity contribution in [3.63, 3.8) is 0 Å². The number of pyridine rings is 1. The highest BCUT2D eigenvalue weighted by Crippen LogP contribution is 2.23. The highest BCUT2D eigenvalue weighted by atomic mass is 16.5. The average Bonchev–Trinajstić information content (AvgIpc) is 2.80. The molecule has 4 nitrogen and oxygen atoms in total. The number of nitrogens with zero attached hydrogens (tertiary/aromatic N) is 2. The van der Waals surface area contributed by atoms with Gasteiger partial charge in [0, 0.05) is 18.9 Å². The third-order valence-corrected chi connectivity index (χ3v) is 2.81. The van der Waals surface area contributed by atoms with Crippen LogP contribution < -0.4 is 5.32 Å². The first-order valence-electron chi connectivity index (χ1n) is 5.82. The summed E-state index contributed by atoms with van der Waals surface area (Å²) in [6.07, 6.45) is 3.59. The Labute approximate surface area is 105 Å². The molecule has 2 aromatic heterocycles. The molecule has 0 aliphatic rings. The van der Waals surface area contributed by atoms with Gasteiger partial charge in [0.05, 0.1) is 5.39 Å². The molecule has 0 saturated carbocycles. The highest BCUT2D eigenvalue weighted by Gasteiger charge is 2.07. The van der Waals surface area contributed by atoms with Gasteiger partial charge in [0.15, 0.2) is 11.4 Å². The minimum Gasteiger partial charge on any atom is -0.363 e. The van der Waals surface area contributed by atoms with Crippen LogP contribution in [0.15, 0.2) is 47.2 Å². The molecule has 0 aliphatic carbocycles. The van der Waals surface area contributed by atoms with E-state index in [-0.39, 0.29) is 0 Å². The van der Waals surface area contributed by atoms with E-state index in [1.165, 1.54) is 0 Å². The summed E-state index contributed by atoms with van der Waals surface area (Å²) in [7, 11) is 0. The zero-order chi connectivity index (χ0) is 12.4. The molecule has 2 heterocycles. The Bertz CT molecular complexity index is 661. The van der Waals surface area contributed by atoms with E-state index in [4.69, 9.17) is 4.52 Å². The van der Waals surface area contributed by atoms with Gasteiger partial charge in [-0.3, -0.25) is 4.98 Å². The summed E-state index contributed by atoms with van der Waals surface area (Å²) in [5.74, 6) is 0.772. The van der Waals surface area contributed by atoms with Crippen molar-refractivity contribution in [1.82, 2.24) is 10.1 Å². The Morgan fingerprint density at radius 3 is 3.06 bits per heavy atom. The maximum atomic E-state index is 5.29. The summed E-state index contributed by atoms with van der Waals surface area (Å²) in [6.45, 7) is 2.72. The molecule has 90 valence electrons. The molecule has 0 bridgehead atoms. The molecule has 4 heteroatoms. The summed E-state index contributed by atoms with van der Waals surface area (Å²) in [6, 6.07) is 9.99. The lowest BCUT2D eigenvalue weighted by molar-refractivity contribution is 0.459. The third kappa shape index (κ3) is 2.05. The van der Waals surface area contributed by atoms with E-state index in [1.54, 1.807) is 6.20 Å². The number of benzene rings is 1. The van der Waals surface area contributed by atoms with Gasteiger partial charge in [-0.1, -0.05) is 17.3 Å². The molecule has 3 rings (SSSR count). The zero-order valence-corrected chi connectivity index (χ0v) is 10.1. The van der Waals surface area contributed by atoms with Crippen molar-refractivity contribution in [3.8, 4) is 0 Å². The minimum absolute atomic E-state index is 0.684. The van der Waals surface area contributed by atoms with Gasteiger partial charge in [-0.15, -0.1) is 0 Å². The van der Waals surface area contributed by atoms with E-state index >= 15 is 0 Å². The van der Waals surface area contributed by atoms with Crippen LogP contribution in [-0.4, -0.2) is 10.1 Å². The molecule has 1 N–H and O–H groups in total. The van der Waals surface area contributed by atoms with Crippen LogP contribution >= 0.6 is 0 Å². The molecule has 3 aromatic rings. The van der Waals surface area contributed by atoms with Crippen molar-refractivity contribution >= 4 is 16.8 Å². The number of rotatable bonds is 3. The predicted octanol–water partition coefficient (Wildman–Crippen LogP) is 3.14. The number of anilines is 1. The first-order chi connectivity index (χ1) is 8.83. The number of hydrogen-bond donors (Lipinski definition) is 1. The van der Waals surface area contributed by atoms with E-state index < -0.39 is 0 Å². The van der Waals surface area contributed by atoms with Crippen LogP contribution in [0.1, 0.15) is 11.1 Å². The second-order valence-corrected chi connectivity index (χ2v) is 4.25. The van der Waals surface area contributed by atoms with E-state index in [2.05, 4.69) is 21.5 Å². The maximum absolute atomic E-state index is 5.29. The largest absolute Gasteiger partial charge is 0.363 e. The standard InChI is InChI=1S/C14H13N3O/c1-10-4-5-12-13(7-10)18-17-14(12)16-9-11-3-2-6-15-8-11/h2-8H,9H2,1H3,(H,16,17). The second-order valence-electron chi connectivity index (χ2n) is 4.25. The van der Waals surface area contributed by atoms with Crippen molar-refractivity contribution in [3.05, 3.63) is 53.9 Å². The zero-order valence-electron chi connectivity index (χ0n) is 10.1. The number of hydrogen-bond acceptors (Lipinski definition) is 4. The SMILES string of the molecule is Cc1ccc2c(NCc3cccnc3)noc2c1. The van der Waals surface area contributed by atoms with Gasteiger partial charge in [-0.2, -0.15) is 0 Å². The normalized spacial score (nSPS) is 10.7. The Balaban J connectivity index is 1.83. The van der Waals surface area contributed by atoms with Crippen LogP contribution in [0.25, 0.3) is 11.0 Å². The summed E-state index contributed by atoms with van der Waals surface area (Å²) >= 11 is 0. The molecule has 0 amide bonds. The van der Waals surface area contributed by atoms with Crippen LogP contribution in [0.5, 0.6) is 0 Å². The first-order valence-corrected chi connectivity index (χ1v) is 5.82. The molecule has 0 aliphatic heterocycles. The Hall–Kier alpha value is -2.36. The smallest absolute Gasteiger partial charge is 0.177 e. The number of aryl methyl sites for hydroxylation is 1. The summed E-state index contributed by atoms with van der Waals surface area (Å²) < 4.78 is 5.29. The fourth-order valence-corrected chi connectivity index (χ4v) is 1.86. The molecular formula is C14H13N3O. The summed E-state index contributed by atoms with van der Waals surface area (Å²) in [5.41, 5.74) is 3.09. The van der Waals surface area contributed by atoms with Gasteiger partial charge < -0.3 is 9.84 Å². The lowest BCUT2D eigenvalue weighted by Gasteiger charge is -2.02. The topological polar surface area (TPSA) is 51.0 Å². The van der Waals surface area contributed by atoms with Gasteiger partial charge in [0.2, 0.25) is 0 Å². The van der Waals surface area contributed by atoms with Gasteiger partial charge in [-0.25, -0.2) is 0 Å². The average molecular weight is 239 g/mol. The van der Waals surface area contributed by atoms with Gasteiger partial charge in [-0.05, 0) is 36.2 Å². The van der Waals surface area contributed by atoms with Crippen molar-refractivity contribution in [2.24, 2.45) is 0 Å². The van der Waals surface area contributed by atoms with Crippen LogP contribution in [0.2, 0.25) is 0 Å². The minimum atomic E-state index is 0.684. The Morgan fingerprint density at radius 2 is 2.22 bits per heavy atom. The number of fused-ring (bicyclic) bond motifs is 1. The van der Waals surface area contributed by atoms with Gasteiger partial charge in [0.1, 0.15) is 0 Å². The van der Waals surface area contributed by atoms with Crippen molar-refractivity contribution in [2.75, 3.05) is 5.32 Å². The van der Waals surface area contributed by atoms with Crippen LogP contribution in [0.3, 0.4) is 0 Å². The van der Waals surface area contributed by atoms with E-state index in [9.17, 15) is 0 Å². The maximum Gasteiger partial charge on any atom is 0.177 e. The van der Waals surface area contributed by atoms with Crippen molar-refractivity contribution < 1.29 is 4.52 Å². The Kier molecular flexibility index (Phi) is 2.68. The molecule has 0 radical (unpaired) electrons. The molecular weight excluding hydrogens is 226 g/mol. The molecule has 1 aromatic carbocycles. The van der Waals surface area contributed by atoms with E-state index in [1.807, 2.05) is 37.4 Å². The van der Waals surface area contributed by atoms with Gasteiger partial charge in [0.25, 0.3) is 0 Å². The quantitative estimate of drug-likeness (QED) is 0.762. The van der Waals surface area contributed by atoms with Crippen molar-refractivity contribution in [2.45, 2.75) is 13.5 Å². The molecule has 0 unspecified atom stereocenters. The summed E-state index contributed by atoms with van der Waals surface area (Å²) in [4.78, 5) is 4.07. The van der Waals surface area contributed by atoms with Crippen molar-refractivity contribution in [1.29, 1.82) is 0 Å². The van der Waals surface area contributed by atoms with Crippen LogP contribution in [0.4, 0.5) is 5.82 Å². The number of nitrogens with one attached hydrogen (secondary N) is 1. The molecule has 0 spiro atoms. The third-order valence-electron chi connectivity index (χ3n) is 2.81. The fourth-order valence-electron chi connectivity index (χ4n) is 1.86. The number of aromatic nitrogens is 2. The lowest BCUT2D eigenvalue weighted by atomic mass is 10.2. The second kappa shape index (κ2) is 4.49. The first kappa shape index (κ1) is 10.8. The van der Waals surface area contributed by atoms with E-state index in [0.717, 1.165) is 27.9 Å². The lowest BCUT2D eigenvalue weighted by Crippen LogP contribution is -1.99. The molecule has 0 fully saturated rings. The Morgan fingerprint density at radius 1 is 1.28 bits per heavy atom. The predicted molar refractivity (Wildman–Crippen MR) is 70.3 cm³/mol. The van der Waals surface area contributed by atoms with Gasteiger partial charge >= 0.3 is 0 Å². The highest BCUT2D eigenvalue weighted by molar-refractivity contribution is 5.88. The van der Waals surface area contributed by atoms with Crippen LogP contribution in [0, 0.1) is 6.92 Å². The molecule has 0 atom stereocenters. The monoisotopic (exact) mass is 239 g/mol.